The third kappa shape index (κ3) is 5.18. The van der Waals surface area contributed by atoms with Crippen molar-refractivity contribution in [3.05, 3.63) is 66.7 Å². The van der Waals surface area contributed by atoms with Crippen LogP contribution in [-0.4, -0.2) is 26.3 Å². The summed E-state index contributed by atoms with van der Waals surface area (Å²) in [5.41, 5.74) is 1.08. The molecule has 8 heteroatoms. The zero-order valence-electron chi connectivity index (χ0n) is 16.0. The van der Waals surface area contributed by atoms with E-state index in [1.807, 2.05) is 24.3 Å². The fourth-order valence-corrected chi connectivity index (χ4v) is 4.02. The van der Waals surface area contributed by atoms with Crippen LogP contribution in [0.1, 0.15) is 13.8 Å². The van der Waals surface area contributed by atoms with Crippen LogP contribution in [0.2, 0.25) is 0 Å². The van der Waals surface area contributed by atoms with E-state index in [-0.39, 0.29) is 10.8 Å². The first-order valence-corrected chi connectivity index (χ1v) is 10.4. The van der Waals surface area contributed by atoms with Gasteiger partial charge in [0.25, 0.3) is 0 Å². The van der Waals surface area contributed by atoms with Crippen molar-refractivity contribution < 1.29 is 18.0 Å². The highest BCUT2D eigenvalue weighted by atomic mass is 32.2. The summed E-state index contributed by atoms with van der Waals surface area (Å²) in [5.74, 6) is -0.694. The maximum atomic E-state index is 12.7. The van der Waals surface area contributed by atoms with Crippen molar-refractivity contribution in [3.8, 4) is 0 Å². The Kier molecular flexibility index (Phi) is 5.95. The van der Waals surface area contributed by atoms with Gasteiger partial charge in [-0.15, -0.1) is 0 Å². The van der Waals surface area contributed by atoms with Gasteiger partial charge in [0, 0.05) is 18.3 Å². The molecule has 0 aliphatic carbocycles. The van der Waals surface area contributed by atoms with Gasteiger partial charge in [-0.1, -0.05) is 30.3 Å². The average Bonchev–Trinajstić information content (AvgIpc) is 2.68. The number of hydrogen-bond donors (Lipinski definition) is 3. The first kappa shape index (κ1) is 20.5. The number of fused-ring (bicyclic) bond motifs is 1. The summed E-state index contributed by atoms with van der Waals surface area (Å²) in [6, 6.07) is 17.8. The van der Waals surface area contributed by atoms with Gasteiger partial charge in [-0.05, 0) is 54.1 Å². The monoisotopic (exact) mass is 411 g/mol. The van der Waals surface area contributed by atoms with E-state index in [0.717, 1.165) is 10.8 Å². The van der Waals surface area contributed by atoms with Crippen molar-refractivity contribution in [2.45, 2.75) is 24.8 Å². The van der Waals surface area contributed by atoms with E-state index in [9.17, 15) is 18.0 Å². The van der Waals surface area contributed by atoms with Gasteiger partial charge in [-0.2, -0.15) is 4.72 Å². The Labute approximate surface area is 169 Å². The summed E-state index contributed by atoms with van der Waals surface area (Å²) in [4.78, 5) is 23.5. The molecule has 0 spiro atoms. The van der Waals surface area contributed by atoms with Crippen LogP contribution in [0.15, 0.2) is 71.6 Å². The number of carbonyl (C=O) groups is 2. The molecule has 3 aromatic rings. The number of benzene rings is 3. The van der Waals surface area contributed by atoms with Gasteiger partial charge in [0.05, 0.1) is 10.9 Å². The molecule has 0 unspecified atom stereocenters. The predicted octanol–water partition coefficient (Wildman–Crippen LogP) is 3.10. The number of sulfonamides is 1. The van der Waals surface area contributed by atoms with Gasteiger partial charge in [0.15, 0.2) is 0 Å². The minimum absolute atomic E-state index is 0.0931. The lowest BCUT2D eigenvalue weighted by Crippen LogP contribution is -2.41. The molecule has 3 aromatic carbocycles. The number of anilines is 2. The van der Waals surface area contributed by atoms with Gasteiger partial charge in [0.1, 0.15) is 0 Å². The Morgan fingerprint density at radius 2 is 1.41 bits per heavy atom. The molecule has 29 heavy (non-hydrogen) atoms. The van der Waals surface area contributed by atoms with E-state index in [4.69, 9.17) is 0 Å². The SMILES string of the molecule is CC(=O)Nc1ccc(NC(=O)[C@H](C)NS(=O)(=O)c2ccc3ccccc3c2)cc1. The zero-order chi connectivity index (χ0) is 21.0. The molecule has 1 atom stereocenters. The highest BCUT2D eigenvalue weighted by molar-refractivity contribution is 7.89. The fraction of sp³-hybridized carbons (Fsp3) is 0.143. The molecule has 0 aliphatic rings. The van der Waals surface area contributed by atoms with Crippen LogP contribution in [0, 0.1) is 0 Å². The van der Waals surface area contributed by atoms with Gasteiger partial charge in [0.2, 0.25) is 21.8 Å². The molecule has 3 rings (SSSR count). The average molecular weight is 411 g/mol. The van der Waals surface area contributed by atoms with Gasteiger partial charge >= 0.3 is 0 Å². The lowest BCUT2D eigenvalue weighted by Gasteiger charge is -2.15. The second-order valence-corrected chi connectivity index (χ2v) is 8.31. The Hall–Kier alpha value is -3.23. The molecule has 0 aromatic heterocycles. The first-order valence-electron chi connectivity index (χ1n) is 8.94. The van der Waals surface area contributed by atoms with Crippen LogP contribution in [-0.2, 0) is 19.6 Å². The second kappa shape index (κ2) is 8.42. The maximum absolute atomic E-state index is 12.7. The molecule has 7 nitrogen and oxygen atoms in total. The van der Waals surface area contributed by atoms with Crippen molar-refractivity contribution in [2.75, 3.05) is 10.6 Å². The maximum Gasteiger partial charge on any atom is 0.242 e. The summed E-state index contributed by atoms with van der Waals surface area (Å²) >= 11 is 0. The lowest BCUT2D eigenvalue weighted by molar-refractivity contribution is -0.117. The van der Waals surface area contributed by atoms with Crippen LogP contribution in [0.4, 0.5) is 11.4 Å². The molecule has 0 aliphatic heterocycles. The van der Waals surface area contributed by atoms with Crippen molar-refractivity contribution in [2.24, 2.45) is 0 Å². The lowest BCUT2D eigenvalue weighted by atomic mass is 10.1. The Bertz CT molecular complexity index is 1160. The molecule has 0 fully saturated rings. The highest BCUT2D eigenvalue weighted by Crippen LogP contribution is 2.19. The standard InChI is InChI=1S/C21H21N3O4S/c1-14(21(26)23-19-10-8-18(9-11-19)22-15(2)25)24-29(27,28)20-12-7-16-5-3-4-6-17(16)13-20/h3-14,24H,1-2H3,(H,22,25)(H,23,26)/t14-/m0/s1. The largest absolute Gasteiger partial charge is 0.326 e. The molecule has 0 heterocycles. The van der Waals surface area contributed by atoms with Gasteiger partial charge in [-0.3, -0.25) is 9.59 Å². The van der Waals surface area contributed by atoms with Crippen LogP contribution in [0.3, 0.4) is 0 Å². The van der Waals surface area contributed by atoms with E-state index in [0.29, 0.717) is 11.4 Å². The van der Waals surface area contributed by atoms with E-state index in [2.05, 4.69) is 15.4 Å². The van der Waals surface area contributed by atoms with Crippen LogP contribution < -0.4 is 15.4 Å². The molecule has 0 saturated heterocycles. The van der Waals surface area contributed by atoms with Crippen LogP contribution in [0.25, 0.3) is 10.8 Å². The third-order valence-electron chi connectivity index (χ3n) is 4.23. The molecular formula is C21H21N3O4S. The van der Waals surface area contributed by atoms with E-state index in [1.165, 1.54) is 19.9 Å². The molecular weight excluding hydrogens is 390 g/mol. The number of hydrogen-bond acceptors (Lipinski definition) is 4. The van der Waals surface area contributed by atoms with Gasteiger partial charge < -0.3 is 10.6 Å². The van der Waals surface area contributed by atoms with Crippen molar-refractivity contribution >= 4 is 44.0 Å². The summed E-state index contributed by atoms with van der Waals surface area (Å²) in [6.07, 6.45) is 0. The normalized spacial score (nSPS) is 12.3. The molecule has 150 valence electrons. The number of nitrogens with one attached hydrogen (secondary N) is 3. The fourth-order valence-electron chi connectivity index (χ4n) is 2.78. The number of amides is 2. The van der Waals surface area contributed by atoms with Crippen LogP contribution >= 0.6 is 0 Å². The first-order chi connectivity index (χ1) is 13.7. The predicted molar refractivity (Wildman–Crippen MR) is 113 cm³/mol. The molecule has 0 bridgehead atoms. The highest BCUT2D eigenvalue weighted by Gasteiger charge is 2.22. The minimum Gasteiger partial charge on any atom is -0.326 e. The Morgan fingerprint density at radius 1 is 0.828 bits per heavy atom. The smallest absolute Gasteiger partial charge is 0.242 e. The Morgan fingerprint density at radius 3 is 2.03 bits per heavy atom. The third-order valence-corrected chi connectivity index (χ3v) is 5.77. The summed E-state index contributed by atoms with van der Waals surface area (Å²) in [6.45, 7) is 2.87. The minimum atomic E-state index is -3.87. The molecule has 3 N–H and O–H groups in total. The van der Waals surface area contributed by atoms with Crippen molar-refractivity contribution in [3.63, 3.8) is 0 Å². The molecule has 0 saturated carbocycles. The molecule has 2 amide bonds. The summed E-state index contributed by atoms with van der Waals surface area (Å²) in [5, 5.41) is 7.00. The van der Waals surface area contributed by atoms with E-state index in [1.54, 1.807) is 36.4 Å². The summed E-state index contributed by atoms with van der Waals surface area (Å²) in [7, 11) is -3.87. The quantitative estimate of drug-likeness (QED) is 0.580. The van der Waals surface area contributed by atoms with Gasteiger partial charge in [-0.25, -0.2) is 8.42 Å². The zero-order valence-corrected chi connectivity index (χ0v) is 16.8. The molecule has 0 radical (unpaired) electrons. The van der Waals surface area contributed by atoms with Crippen molar-refractivity contribution in [1.29, 1.82) is 0 Å². The number of carbonyl (C=O) groups excluding carboxylic acids is 2. The van der Waals surface area contributed by atoms with E-state index < -0.39 is 22.0 Å². The van der Waals surface area contributed by atoms with Crippen molar-refractivity contribution in [1.82, 2.24) is 4.72 Å². The second-order valence-electron chi connectivity index (χ2n) is 6.60. The Balaban J connectivity index is 1.68. The summed E-state index contributed by atoms with van der Waals surface area (Å²) < 4.78 is 27.7. The van der Waals surface area contributed by atoms with Crippen LogP contribution in [0.5, 0.6) is 0 Å². The van der Waals surface area contributed by atoms with E-state index >= 15 is 0 Å². The number of rotatable bonds is 6. The topological polar surface area (TPSA) is 104 Å².